The molecule has 0 radical (unpaired) electrons. The molecule has 2 nitrogen and oxygen atoms in total. The predicted molar refractivity (Wildman–Crippen MR) is 48.6 cm³/mol. The van der Waals surface area contributed by atoms with E-state index in [0.717, 1.165) is 13.0 Å². The smallest absolute Gasteiger partial charge is 0.0746 e. The second-order valence-electron chi connectivity index (χ2n) is 3.88. The first-order chi connectivity index (χ1) is 4.98. The fourth-order valence-corrected chi connectivity index (χ4v) is 1.35. The van der Waals surface area contributed by atoms with Crippen LogP contribution in [-0.2, 0) is 0 Å². The van der Waals surface area contributed by atoms with Gasteiger partial charge in [-0.1, -0.05) is 20.8 Å². The molecule has 0 fully saturated rings. The van der Waals surface area contributed by atoms with E-state index < -0.39 is 5.60 Å². The van der Waals surface area contributed by atoms with Gasteiger partial charge in [-0.05, 0) is 25.8 Å². The van der Waals surface area contributed by atoms with Crippen LogP contribution < -0.4 is 5.32 Å². The van der Waals surface area contributed by atoms with E-state index >= 15 is 0 Å². The first-order valence-corrected chi connectivity index (χ1v) is 4.41. The van der Waals surface area contributed by atoms with Crippen molar-refractivity contribution < 1.29 is 5.11 Å². The first kappa shape index (κ1) is 10.9. The predicted octanol–water partition coefficient (Wildman–Crippen LogP) is 1.39. The monoisotopic (exact) mass is 159 g/mol. The summed E-state index contributed by atoms with van der Waals surface area (Å²) >= 11 is 0. The van der Waals surface area contributed by atoms with Crippen LogP contribution in [0.15, 0.2) is 0 Å². The van der Waals surface area contributed by atoms with Gasteiger partial charge in [0.25, 0.3) is 0 Å². The van der Waals surface area contributed by atoms with E-state index in [1.807, 2.05) is 13.8 Å². The van der Waals surface area contributed by atoms with Gasteiger partial charge in [0, 0.05) is 6.54 Å². The summed E-state index contributed by atoms with van der Waals surface area (Å²) in [7, 11) is 0. The molecule has 0 spiro atoms. The summed E-state index contributed by atoms with van der Waals surface area (Å²) < 4.78 is 0. The molecule has 0 aliphatic carbocycles. The summed E-state index contributed by atoms with van der Waals surface area (Å²) in [5.41, 5.74) is -0.538. The van der Waals surface area contributed by atoms with E-state index in [4.69, 9.17) is 0 Å². The van der Waals surface area contributed by atoms with Gasteiger partial charge in [0.15, 0.2) is 0 Å². The third-order valence-corrected chi connectivity index (χ3v) is 1.60. The van der Waals surface area contributed by atoms with Gasteiger partial charge in [-0.25, -0.2) is 0 Å². The van der Waals surface area contributed by atoms with Crippen molar-refractivity contribution in [1.29, 1.82) is 0 Å². The van der Waals surface area contributed by atoms with Crippen LogP contribution >= 0.6 is 0 Å². The summed E-state index contributed by atoms with van der Waals surface area (Å²) in [6, 6.07) is 0. The fourth-order valence-electron chi connectivity index (χ4n) is 1.35. The highest BCUT2D eigenvalue weighted by atomic mass is 16.3. The molecule has 0 aromatic heterocycles. The van der Waals surface area contributed by atoms with Crippen LogP contribution in [0.25, 0.3) is 0 Å². The minimum atomic E-state index is -0.538. The van der Waals surface area contributed by atoms with Crippen molar-refractivity contribution in [1.82, 2.24) is 5.32 Å². The first-order valence-electron chi connectivity index (χ1n) is 4.41. The van der Waals surface area contributed by atoms with E-state index in [9.17, 15) is 5.11 Å². The Morgan fingerprint density at radius 3 is 2.36 bits per heavy atom. The Labute approximate surface area is 70.0 Å². The second-order valence-corrected chi connectivity index (χ2v) is 3.88. The average molecular weight is 159 g/mol. The summed E-state index contributed by atoms with van der Waals surface area (Å²) in [6.45, 7) is 9.80. The van der Waals surface area contributed by atoms with Gasteiger partial charge in [0.1, 0.15) is 0 Å². The standard InChI is InChI=1S/C9H21NO/c1-5-10-7-9(4,11)6-8(2)3/h8,10-11H,5-7H2,1-4H3. The summed E-state index contributed by atoms with van der Waals surface area (Å²) in [5.74, 6) is 0.559. The molecular formula is C9H21NO. The zero-order valence-electron chi connectivity index (χ0n) is 8.15. The van der Waals surface area contributed by atoms with Gasteiger partial charge in [-0.2, -0.15) is 0 Å². The van der Waals surface area contributed by atoms with Crippen LogP contribution in [0.2, 0.25) is 0 Å². The molecule has 0 amide bonds. The molecule has 0 rings (SSSR count). The quantitative estimate of drug-likeness (QED) is 0.635. The number of aliphatic hydroxyl groups is 1. The van der Waals surface area contributed by atoms with Crippen LogP contribution in [0, 0.1) is 5.92 Å². The molecule has 11 heavy (non-hydrogen) atoms. The van der Waals surface area contributed by atoms with Crippen molar-refractivity contribution in [3.63, 3.8) is 0 Å². The Kier molecular flexibility index (Phi) is 4.69. The zero-order chi connectivity index (χ0) is 8.91. The summed E-state index contributed by atoms with van der Waals surface area (Å²) in [6.07, 6.45) is 0.861. The number of rotatable bonds is 5. The van der Waals surface area contributed by atoms with Crippen molar-refractivity contribution in [3.8, 4) is 0 Å². The molecule has 0 saturated heterocycles. The van der Waals surface area contributed by atoms with Crippen molar-refractivity contribution in [2.24, 2.45) is 5.92 Å². The highest BCUT2D eigenvalue weighted by molar-refractivity contribution is 4.76. The molecule has 1 atom stereocenters. The lowest BCUT2D eigenvalue weighted by Crippen LogP contribution is -2.38. The third kappa shape index (κ3) is 6.32. The molecule has 0 saturated carbocycles. The fraction of sp³-hybridized carbons (Fsp3) is 1.00. The molecule has 0 aliphatic heterocycles. The van der Waals surface area contributed by atoms with Gasteiger partial charge in [0.05, 0.1) is 5.60 Å². The van der Waals surface area contributed by atoms with Crippen molar-refractivity contribution in [2.75, 3.05) is 13.1 Å². The van der Waals surface area contributed by atoms with E-state index in [1.54, 1.807) is 0 Å². The Bertz CT molecular complexity index is 99.7. The van der Waals surface area contributed by atoms with Gasteiger partial charge < -0.3 is 10.4 Å². The van der Waals surface area contributed by atoms with E-state index in [2.05, 4.69) is 19.2 Å². The minimum Gasteiger partial charge on any atom is -0.389 e. The summed E-state index contributed by atoms with van der Waals surface area (Å²) in [4.78, 5) is 0. The van der Waals surface area contributed by atoms with Crippen LogP contribution in [0.1, 0.15) is 34.1 Å². The molecular weight excluding hydrogens is 138 g/mol. The largest absolute Gasteiger partial charge is 0.389 e. The molecule has 2 heteroatoms. The molecule has 0 bridgehead atoms. The average Bonchev–Trinajstić information content (AvgIpc) is 1.81. The molecule has 1 unspecified atom stereocenters. The molecule has 68 valence electrons. The second kappa shape index (κ2) is 4.73. The molecule has 2 N–H and O–H groups in total. The van der Waals surface area contributed by atoms with E-state index in [-0.39, 0.29) is 0 Å². The summed E-state index contributed by atoms with van der Waals surface area (Å²) in [5, 5.41) is 12.9. The van der Waals surface area contributed by atoms with Gasteiger partial charge in [-0.15, -0.1) is 0 Å². The van der Waals surface area contributed by atoms with Crippen molar-refractivity contribution in [3.05, 3.63) is 0 Å². The number of hydrogen-bond donors (Lipinski definition) is 2. The lowest BCUT2D eigenvalue weighted by molar-refractivity contribution is 0.0391. The van der Waals surface area contributed by atoms with Crippen LogP contribution in [0.3, 0.4) is 0 Å². The molecule has 0 aromatic carbocycles. The Morgan fingerprint density at radius 2 is 2.00 bits per heavy atom. The molecule has 0 heterocycles. The van der Waals surface area contributed by atoms with Gasteiger partial charge in [0.2, 0.25) is 0 Å². The number of likely N-dealkylation sites (N-methyl/N-ethyl adjacent to an activating group) is 1. The van der Waals surface area contributed by atoms with E-state index in [0.29, 0.717) is 12.5 Å². The highest BCUT2D eigenvalue weighted by Crippen LogP contribution is 2.14. The Balaban J connectivity index is 3.61. The maximum Gasteiger partial charge on any atom is 0.0746 e. The van der Waals surface area contributed by atoms with Crippen LogP contribution in [0.4, 0.5) is 0 Å². The van der Waals surface area contributed by atoms with Crippen LogP contribution in [-0.4, -0.2) is 23.8 Å². The Hall–Kier alpha value is -0.0800. The third-order valence-electron chi connectivity index (χ3n) is 1.60. The van der Waals surface area contributed by atoms with Gasteiger partial charge in [-0.3, -0.25) is 0 Å². The van der Waals surface area contributed by atoms with Crippen molar-refractivity contribution in [2.45, 2.75) is 39.7 Å². The zero-order valence-corrected chi connectivity index (χ0v) is 8.15. The number of hydrogen-bond acceptors (Lipinski definition) is 2. The maximum absolute atomic E-state index is 9.75. The minimum absolute atomic E-state index is 0.538. The topological polar surface area (TPSA) is 32.3 Å². The number of nitrogens with one attached hydrogen (secondary N) is 1. The normalized spacial score (nSPS) is 16.9. The van der Waals surface area contributed by atoms with Gasteiger partial charge >= 0.3 is 0 Å². The molecule has 0 aliphatic rings. The lowest BCUT2D eigenvalue weighted by Gasteiger charge is -2.25. The van der Waals surface area contributed by atoms with Crippen molar-refractivity contribution >= 4 is 0 Å². The molecule has 0 aromatic rings. The SMILES string of the molecule is CCNCC(C)(O)CC(C)C. The highest BCUT2D eigenvalue weighted by Gasteiger charge is 2.20. The van der Waals surface area contributed by atoms with E-state index in [1.165, 1.54) is 0 Å². The lowest BCUT2D eigenvalue weighted by atomic mass is 9.94. The Morgan fingerprint density at radius 1 is 1.45 bits per heavy atom. The van der Waals surface area contributed by atoms with Crippen LogP contribution in [0.5, 0.6) is 0 Å². The maximum atomic E-state index is 9.75.